The van der Waals surface area contributed by atoms with E-state index in [9.17, 15) is 0 Å². The fourth-order valence-electron chi connectivity index (χ4n) is 2.64. The molecule has 0 aliphatic rings. The summed E-state index contributed by atoms with van der Waals surface area (Å²) in [6.07, 6.45) is 2.26. The van der Waals surface area contributed by atoms with Gasteiger partial charge in [-0.3, -0.25) is 0 Å². The molecular weight excluding hydrogens is 418 g/mol. The molecule has 0 amide bonds. The van der Waals surface area contributed by atoms with Crippen LogP contribution in [0.2, 0.25) is 0 Å². The number of rotatable bonds is 8. The maximum absolute atomic E-state index is 5.81. The van der Waals surface area contributed by atoms with Crippen molar-refractivity contribution < 1.29 is 4.74 Å². The summed E-state index contributed by atoms with van der Waals surface area (Å²) in [5.41, 5.74) is 2.49. The van der Waals surface area contributed by atoms with Gasteiger partial charge >= 0.3 is 0 Å². The molecule has 0 radical (unpaired) electrons. The first kappa shape index (κ1) is 18.5. The van der Waals surface area contributed by atoms with Crippen LogP contribution < -0.4 is 10.1 Å². The van der Waals surface area contributed by atoms with Crippen molar-refractivity contribution in [2.24, 2.45) is 0 Å². The molecular formula is C19H23Br2NO. The molecule has 23 heavy (non-hydrogen) atoms. The minimum Gasteiger partial charge on any atom is -0.492 e. The summed E-state index contributed by atoms with van der Waals surface area (Å²) in [7, 11) is 0. The second-order valence-corrected chi connectivity index (χ2v) is 7.21. The fourth-order valence-corrected chi connectivity index (χ4v) is 4.07. The van der Waals surface area contributed by atoms with Gasteiger partial charge in [0.05, 0.1) is 11.1 Å². The Morgan fingerprint density at radius 2 is 1.83 bits per heavy atom. The zero-order chi connectivity index (χ0) is 16.7. The van der Waals surface area contributed by atoms with Crippen molar-refractivity contribution in [3.63, 3.8) is 0 Å². The lowest BCUT2D eigenvalue weighted by atomic mass is 10.0. The smallest absolute Gasteiger partial charge is 0.138 e. The number of halogens is 2. The average molecular weight is 441 g/mol. The van der Waals surface area contributed by atoms with Crippen molar-refractivity contribution in [1.82, 2.24) is 5.32 Å². The molecule has 0 spiro atoms. The average Bonchev–Trinajstić information content (AvgIpc) is 2.55. The molecule has 0 heterocycles. The van der Waals surface area contributed by atoms with Crippen molar-refractivity contribution >= 4 is 31.9 Å². The Hall–Kier alpha value is -0.840. The molecule has 2 aromatic carbocycles. The third-order valence-corrected chi connectivity index (χ3v) is 4.74. The molecule has 0 aromatic heterocycles. The van der Waals surface area contributed by atoms with E-state index in [0.717, 1.165) is 39.6 Å². The van der Waals surface area contributed by atoms with E-state index in [4.69, 9.17) is 4.74 Å². The van der Waals surface area contributed by atoms with Crippen LogP contribution in [0.25, 0.3) is 0 Å². The molecule has 2 rings (SSSR count). The van der Waals surface area contributed by atoms with Gasteiger partial charge in [-0.15, -0.1) is 0 Å². The topological polar surface area (TPSA) is 21.3 Å². The summed E-state index contributed by atoms with van der Waals surface area (Å²) in [5.74, 6) is 0.923. The van der Waals surface area contributed by atoms with E-state index in [1.54, 1.807) is 0 Å². The number of benzene rings is 2. The van der Waals surface area contributed by atoms with Crippen LogP contribution in [0, 0.1) is 0 Å². The molecule has 1 unspecified atom stereocenters. The normalized spacial score (nSPS) is 12.2. The van der Waals surface area contributed by atoms with Crippen LogP contribution in [-0.2, 0) is 6.54 Å². The Balaban J connectivity index is 2.17. The van der Waals surface area contributed by atoms with Crippen LogP contribution in [0.5, 0.6) is 5.75 Å². The van der Waals surface area contributed by atoms with E-state index in [0.29, 0.717) is 12.6 Å². The maximum atomic E-state index is 5.81. The molecule has 0 saturated heterocycles. The second kappa shape index (κ2) is 9.45. The van der Waals surface area contributed by atoms with Gasteiger partial charge in [0.15, 0.2) is 0 Å². The van der Waals surface area contributed by atoms with Crippen molar-refractivity contribution in [2.75, 3.05) is 6.61 Å². The molecule has 1 atom stereocenters. The monoisotopic (exact) mass is 439 g/mol. The summed E-state index contributed by atoms with van der Waals surface area (Å²) in [5, 5.41) is 3.68. The van der Waals surface area contributed by atoms with E-state index in [1.165, 1.54) is 5.56 Å². The molecule has 2 aromatic rings. The highest BCUT2D eigenvalue weighted by molar-refractivity contribution is 9.11. The predicted octanol–water partition coefficient (Wildman–Crippen LogP) is 6.24. The zero-order valence-corrected chi connectivity index (χ0v) is 16.8. The Labute approximate surface area is 155 Å². The van der Waals surface area contributed by atoms with Crippen molar-refractivity contribution in [3.8, 4) is 5.75 Å². The molecule has 0 bridgehead atoms. The van der Waals surface area contributed by atoms with Gasteiger partial charge in [-0.25, -0.2) is 0 Å². The van der Waals surface area contributed by atoms with Crippen molar-refractivity contribution in [1.29, 1.82) is 0 Å². The minimum absolute atomic E-state index is 0.355. The highest BCUT2D eigenvalue weighted by Crippen LogP contribution is 2.33. The number of ether oxygens (including phenoxy) is 1. The Kier molecular flexibility index (Phi) is 7.60. The maximum Gasteiger partial charge on any atom is 0.138 e. The van der Waals surface area contributed by atoms with Gasteiger partial charge < -0.3 is 10.1 Å². The SMILES string of the molecule is CCCC(NCc1cc(Br)cc(Br)c1OCC)c1ccccc1. The van der Waals surface area contributed by atoms with E-state index in [-0.39, 0.29) is 0 Å². The summed E-state index contributed by atoms with van der Waals surface area (Å²) in [6.45, 7) is 5.66. The number of nitrogens with one attached hydrogen (secondary N) is 1. The quantitative estimate of drug-likeness (QED) is 0.524. The predicted molar refractivity (Wildman–Crippen MR) is 104 cm³/mol. The number of hydrogen-bond donors (Lipinski definition) is 1. The van der Waals surface area contributed by atoms with Gasteiger partial charge in [-0.1, -0.05) is 59.6 Å². The third kappa shape index (κ3) is 5.33. The van der Waals surface area contributed by atoms with Crippen LogP contribution >= 0.6 is 31.9 Å². The summed E-state index contributed by atoms with van der Waals surface area (Å²) >= 11 is 7.17. The zero-order valence-electron chi connectivity index (χ0n) is 13.6. The Morgan fingerprint density at radius 3 is 2.48 bits per heavy atom. The second-order valence-electron chi connectivity index (χ2n) is 5.44. The lowest BCUT2D eigenvalue weighted by Gasteiger charge is -2.20. The van der Waals surface area contributed by atoms with Crippen LogP contribution in [0.1, 0.15) is 43.9 Å². The van der Waals surface area contributed by atoms with E-state index in [2.05, 4.69) is 80.5 Å². The molecule has 0 aliphatic heterocycles. The molecule has 1 N–H and O–H groups in total. The lowest BCUT2D eigenvalue weighted by Crippen LogP contribution is -2.21. The Morgan fingerprint density at radius 1 is 1.09 bits per heavy atom. The molecule has 124 valence electrons. The molecule has 4 heteroatoms. The van der Waals surface area contributed by atoms with Crippen molar-refractivity contribution in [2.45, 2.75) is 39.3 Å². The van der Waals surface area contributed by atoms with E-state index >= 15 is 0 Å². The fraction of sp³-hybridized carbons (Fsp3) is 0.368. The molecule has 0 aliphatic carbocycles. The van der Waals surface area contributed by atoms with Gasteiger partial charge in [0.2, 0.25) is 0 Å². The third-order valence-electron chi connectivity index (χ3n) is 3.69. The lowest BCUT2D eigenvalue weighted by molar-refractivity contribution is 0.332. The first-order chi connectivity index (χ1) is 11.2. The van der Waals surface area contributed by atoms with E-state index < -0.39 is 0 Å². The molecule has 0 saturated carbocycles. The highest BCUT2D eigenvalue weighted by Gasteiger charge is 2.14. The van der Waals surface area contributed by atoms with Crippen molar-refractivity contribution in [3.05, 3.63) is 62.5 Å². The van der Waals surface area contributed by atoms with Crippen LogP contribution in [0.4, 0.5) is 0 Å². The van der Waals surface area contributed by atoms with Gasteiger partial charge in [0.25, 0.3) is 0 Å². The number of hydrogen-bond acceptors (Lipinski definition) is 2. The first-order valence-corrected chi connectivity index (χ1v) is 9.63. The highest BCUT2D eigenvalue weighted by atomic mass is 79.9. The van der Waals surface area contributed by atoms with Gasteiger partial charge in [0, 0.05) is 22.6 Å². The largest absolute Gasteiger partial charge is 0.492 e. The summed E-state index contributed by atoms with van der Waals surface area (Å²) in [4.78, 5) is 0. The summed E-state index contributed by atoms with van der Waals surface area (Å²) in [6, 6.07) is 15.1. The van der Waals surface area contributed by atoms with Crippen LogP contribution in [-0.4, -0.2) is 6.61 Å². The Bertz CT molecular complexity index is 616. The van der Waals surface area contributed by atoms with Gasteiger partial charge in [-0.2, -0.15) is 0 Å². The minimum atomic E-state index is 0.355. The molecule has 0 fully saturated rings. The standard InChI is InChI=1S/C19H23Br2NO/c1-3-8-18(14-9-6-5-7-10-14)22-13-15-11-16(20)12-17(21)19(15)23-4-2/h5-7,9-12,18,22H,3-4,8,13H2,1-2H3. The van der Waals surface area contributed by atoms with E-state index in [1.807, 2.05) is 13.0 Å². The molecule has 2 nitrogen and oxygen atoms in total. The van der Waals surface area contributed by atoms with Gasteiger partial charge in [-0.05, 0) is 47.0 Å². The van der Waals surface area contributed by atoms with Crippen LogP contribution in [0.3, 0.4) is 0 Å². The van der Waals surface area contributed by atoms with Crippen LogP contribution in [0.15, 0.2) is 51.4 Å². The first-order valence-electron chi connectivity index (χ1n) is 8.04. The summed E-state index contributed by atoms with van der Waals surface area (Å²) < 4.78 is 7.85. The van der Waals surface area contributed by atoms with Gasteiger partial charge in [0.1, 0.15) is 5.75 Å².